The Morgan fingerprint density at radius 2 is 2.08 bits per heavy atom. The highest BCUT2D eigenvalue weighted by Crippen LogP contribution is 2.19. The maximum atomic E-state index is 12.7. The van der Waals surface area contributed by atoms with Gasteiger partial charge in [-0.05, 0) is 26.2 Å². The first-order chi connectivity index (χ1) is 11.5. The predicted molar refractivity (Wildman–Crippen MR) is 84.7 cm³/mol. The Labute approximate surface area is 136 Å². The minimum atomic E-state index is -0.681. The second-order valence-electron chi connectivity index (χ2n) is 5.48. The van der Waals surface area contributed by atoms with Crippen molar-refractivity contribution in [2.24, 2.45) is 0 Å². The van der Waals surface area contributed by atoms with Crippen molar-refractivity contribution in [1.82, 2.24) is 29.7 Å². The first kappa shape index (κ1) is 15.7. The molecule has 0 unspecified atom stereocenters. The van der Waals surface area contributed by atoms with E-state index in [1.54, 1.807) is 24.3 Å². The fraction of sp³-hybridized carbons (Fsp3) is 0.286. The molecule has 3 rings (SSSR count). The molecular weight excluding hydrogens is 314 g/mol. The zero-order valence-electron chi connectivity index (χ0n) is 13.2. The lowest BCUT2D eigenvalue weighted by atomic mass is 10.3. The summed E-state index contributed by atoms with van der Waals surface area (Å²) in [5.41, 5.74) is 0.396. The number of rotatable bonds is 5. The molecule has 0 fully saturated rings. The van der Waals surface area contributed by atoms with Gasteiger partial charge in [-0.25, -0.2) is 0 Å². The molecule has 0 aliphatic carbocycles. The van der Waals surface area contributed by atoms with E-state index >= 15 is 0 Å². The smallest absolute Gasteiger partial charge is 0.308 e. The molecule has 24 heavy (non-hydrogen) atoms. The van der Waals surface area contributed by atoms with E-state index in [9.17, 15) is 14.9 Å². The van der Waals surface area contributed by atoms with E-state index < -0.39 is 10.8 Å². The maximum Gasteiger partial charge on any atom is 0.320 e. The third kappa shape index (κ3) is 2.86. The predicted octanol–water partition coefficient (Wildman–Crippen LogP) is 0.786. The van der Waals surface area contributed by atoms with E-state index in [1.807, 2.05) is 19.0 Å². The lowest BCUT2D eigenvalue weighted by molar-refractivity contribution is -0.385. The maximum absolute atomic E-state index is 12.7. The van der Waals surface area contributed by atoms with Gasteiger partial charge >= 0.3 is 11.6 Å². The summed E-state index contributed by atoms with van der Waals surface area (Å²) in [5.74, 6) is -0.681. The van der Waals surface area contributed by atoms with Crippen LogP contribution in [0.4, 0.5) is 5.69 Å². The van der Waals surface area contributed by atoms with Crippen molar-refractivity contribution in [3.8, 4) is 0 Å². The van der Waals surface area contributed by atoms with Gasteiger partial charge in [-0.1, -0.05) is 17.3 Å². The number of para-hydroxylation sites is 1. The summed E-state index contributed by atoms with van der Waals surface area (Å²) >= 11 is 0. The molecule has 2 heterocycles. The second-order valence-corrected chi connectivity index (χ2v) is 5.48. The van der Waals surface area contributed by atoms with Crippen LogP contribution >= 0.6 is 0 Å². The normalized spacial score (nSPS) is 11.3. The van der Waals surface area contributed by atoms with Crippen molar-refractivity contribution in [2.45, 2.75) is 6.54 Å². The summed E-state index contributed by atoms with van der Waals surface area (Å²) in [5, 5.41) is 23.0. The molecule has 0 amide bonds. The van der Waals surface area contributed by atoms with Gasteiger partial charge in [-0.15, -0.1) is 5.10 Å². The number of carbonyl (C=O) groups excluding carboxylic acids is 1. The van der Waals surface area contributed by atoms with Crippen molar-refractivity contribution in [2.75, 3.05) is 20.6 Å². The largest absolute Gasteiger partial charge is 0.320 e. The zero-order valence-corrected chi connectivity index (χ0v) is 13.2. The Balaban J connectivity index is 2.01. The minimum absolute atomic E-state index is 0.255. The van der Waals surface area contributed by atoms with Crippen molar-refractivity contribution in [1.29, 1.82) is 0 Å². The molecular formula is C14H15N7O3. The highest BCUT2D eigenvalue weighted by atomic mass is 16.6. The third-order valence-electron chi connectivity index (χ3n) is 3.46. The van der Waals surface area contributed by atoms with Gasteiger partial charge in [0.15, 0.2) is 0 Å². The van der Waals surface area contributed by atoms with E-state index in [2.05, 4.69) is 15.4 Å². The number of aromatic nitrogens is 5. The SMILES string of the molecule is CN(C)CCn1cc([N+](=O)[O-])c(C(=O)n2nnc3ccccc32)n1. The number of likely N-dealkylation sites (N-methyl/N-ethyl adjacent to an activating group) is 1. The molecule has 0 N–H and O–H groups in total. The van der Waals surface area contributed by atoms with Crippen molar-refractivity contribution >= 4 is 22.6 Å². The van der Waals surface area contributed by atoms with Crippen LogP contribution in [0.15, 0.2) is 30.5 Å². The summed E-state index contributed by atoms with van der Waals surface area (Å²) < 4.78 is 2.42. The quantitative estimate of drug-likeness (QED) is 0.502. The van der Waals surface area contributed by atoms with Crippen molar-refractivity contribution in [3.63, 3.8) is 0 Å². The van der Waals surface area contributed by atoms with Gasteiger partial charge < -0.3 is 4.90 Å². The molecule has 0 bridgehead atoms. The molecule has 0 atom stereocenters. The summed E-state index contributed by atoms with van der Waals surface area (Å²) in [6.07, 6.45) is 1.26. The van der Waals surface area contributed by atoms with Crippen LogP contribution in [0.3, 0.4) is 0 Å². The Bertz CT molecular complexity index is 912. The number of nitro groups is 1. The van der Waals surface area contributed by atoms with Gasteiger partial charge in [0.2, 0.25) is 5.69 Å². The van der Waals surface area contributed by atoms with Crippen LogP contribution in [-0.4, -0.2) is 61.1 Å². The first-order valence-electron chi connectivity index (χ1n) is 7.19. The molecule has 0 saturated carbocycles. The van der Waals surface area contributed by atoms with Crippen LogP contribution < -0.4 is 0 Å². The number of hydrogen-bond donors (Lipinski definition) is 0. The van der Waals surface area contributed by atoms with Gasteiger partial charge in [0.05, 0.1) is 17.0 Å². The van der Waals surface area contributed by atoms with E-state index in [1.165, 1.54) is 10.9 Å². The molecule has 10 heteroatoms. The van der Waals surface area contributed by atoms with Crippen molar-refractivity contribution < 1.29 is 9.72 Å². The van der Waals surface area contributed by atoms with E-state index in [4.69, 9.17) is 0 Å². The molecule has 2 aromatic heterocycles. The molecule has 1 aromatic carbocycles. The fourth-order valence-electron chi connectivity index (χ4n) is 2.23. The lowest BCUT2D eigenvalue weighted by Gasteiger charge is -2.08. The molecule has 0 radical (unpaired) electrons. The van der Waals surface area contributed by atoms with Crippen LogP contribution in [0.5, 0.6) is 0 Å². The summed E-state index contributed by atoms with van der Waals surface area (Å²) in [6, 6.07) is 6.88. The molecule has 0 aliphatic rings. The fourth-order valence-corrected chi connectivity index (χ4v) is 2.23. The first-order valence-corrected chi connectivity index (χ1v) is 7.19. The van der Waals surface area contributed by atoms with Gasteiger partial charge in [0, 0.05) is 6.54 Å². The molecule has 0 saturated heterocycles. The standard InChI is InChI=1S/C14H15N7O3/c1-18(2)7-8-19-9-12(21(23)24)13(16-19)14(22)20-11-6-4-3-5-10(11)15-17-20/h3-6,9H,7-8H2,1-2H3. The van der Waals surface area contributed by atoms with Crippen molar-refractivity contribution in [3.05, 3.63) is 46.3 Å². The average Bonchev–Trinajstić information content (AvgIpc) is 3.16. The van der Waals surface area contributed by atoms with Crippen LogP contribution in [0, 0.1) is 10.1 Å². The second kappa shape index (κ2) is 6.16. The Hall–Kier alpha value is -3.14. The van der Waals surface area contributed by atoms with Gasteiger partial charge in [-0.3, -0.25) is 19.6 Å². The number of carbonyl (C=O) groups is 1. The summed E-state index contributed by atoms with van der Waals surface area (Å²) in [7, 11) is 3.76. The highest BCUT2D eigenvalue weighted by molar-refractivity contribution is 6.01. The topological polar surface area (TPSA) is 112 Å². The van der Waals surface area contributed by atoms with Gasteiger partial charge in [-0.2, -0.15) is 9.78 Å². The van der Waals surface area contributed by atoms with E-state index in [0.29, 0.717) is 24.1 Å². The molecule has 10 nitrogen and oxygen atoms in total. The van der Waals surface area contributed by atoms with Gasteiger partial charge in [0.1, 0.15) is 11.7 Å². The monoisotopic (exact) mass is 329 g/mol. The molecule has 3 aromatic rings. The third-order valence-corrected chi connectivity index (χ3v) is 3.46. The highest BCUT2D eigenvalue weighted by Gasteiger charge is 2.28. The van der Waals surface area contributed by atoms with E-state index in [-0.39, 0.29) is 11.4 Å². The number of fused-ring (bicyclic) bond motifs is 1. The average molecular weight is 329 g/mol. The molecule has 124 valence electrons. The number of nitrogens with zero attached hydrogens (tertiary/aromatic N) is 7. The van der Waals surface area contributed by atoms with Crippen LogP contribution in [-0.2, 0) is 6.54 Å². The number of hydrogen-bond acceptors (Lipinski definition) is 7. The van der Waals surface area contributed by atoms with Gasteiger partial charge in [0.25, 0.3) is 0 Å². The summed E-state index contributed by atoms with van der Waals surface area (Å²) in [4.78, 5) is 25.2. The Morgan fingerprint density at radius 1 is 1.33 bits per heavy atom. The van der Waals surface area contributed by atoms with Crippen LogP contribution in [0.2, 0.25) is 0 Å². The number of benzene rings is 1. The Kier molecular flexibility index (Phi) is 4.04. The Morgan fingerprint density at radius 3 is 2.79 bits per heavy atom. The minimum Gasteiger partial charge on any atom is -0.308 e. The summed E-state index contributed by atoms with van der Waals surface area (Å²) in [6.45, 7) is 1.07. The lowest BCUT2D eigenvalue weighted by Crippen LogP contribution is -2.19. The zero-order chi connectivity index (χ0) is 17.3. The van der Waals surface area contributed by atoms with Crippen LogP contribution in [0.25, 0.3) is 11.0 Å². The van der Waals surface area contributed by atoms with E-state index in [0.717, 1.165) is 4.68 Å². The molecule has 0 aliphatic heterocycles. The molecule has 0 spiro atoms. The van der Waals surface area contributed by atoms with Crippen LogP contribution in [0.1, 0.15) is 10.5 Å².